The van der Waals surface area contributed by atoms with Gasteiger partial charge in [-0.3, -0.25) is 4.79 Å². The molecule has 19 heavy (non-hydrogen) atoms. The van der Waals surface area contributed by atoms with Crippen molar-refractivity contribution in [2.45, 2.75) is 6.92 Å². The molecule has 0 saturated carbocycles. The Hall–Kier alpha value is -2.37. The minimum absolute atomic E-state index is 0.0141. The molecule has 0 aliphatic heterocycles. The van der Waals surface area contributed by atoms with Crippen LogP contribution in [-0.4, -0.2) is 4.98 Å². The van der Waals surface area contributed by atoms with Gasteiger partial charge in [0.1, 0.15) is 17.7 Å². The summed E-state index contributed by atoms with van der Waals surface area (Å²) in [5, 5.41) is 18.3. The standard InChI is InChI=1S/C14H8BrN3O/c1-8-5-10(12(7-17)14(19)18-8)9-3-2-4-13(15)11(9)6-16/h2-5H,1H3,(H,18,19). The Morgan fingerprint density at radius 1 is 1.16 bits per heavy atom. The molecule has 0 atom stereocenters. The highest BCUT2D eigenvalue weighted by Gasteiger charge is 2.15. The number of nitriles is 2. The molecule has 0 bridgehead atoms. The molecule has 1 N–H and O–H groups in total. The Labute approximate surface area is 118 Å². The Bertz CT molecular complexity index is 794. The van der Waals surface area contributed by atoms with Gasteiger partial charge >= 0.3 is 0 Å². The van der Waals surface area contributed by atoms with Gasteiger partial charge in [-0.15, -0.1) is 0 Å². The van der Waals surface area contributed by atoms with Crippen LogP contribution in [0.2, 0.25) is 0 Å². The van der Waals surface area contributed by atoms with Crippen molar-refractivity contribution in [3.8, 4) is 23.3 Å². The highest BCUT2D eigenvalue weighted by molar-refractivity contribution is 9.10. The summed E-state index contributed by atoms with van der Waals surface area (Å²) in [5.74, 6) is 0. The van der Waals surface area contributed by atoms with E-state index in [1.807, 2.05) is 6.07 Å². The maximum atomic E-state index is 11.8. The molecule has 1 aromatic carbocycles. The van der Waals surface area contributed by atoms with Crippen LogP contribution in [-0.2, 0) is 0 Å². The van der Waals surface area contributed by atoms with Crippen LogP contribution in [0.1, 0.15) is 16.8 Å². The third-order valence-electron chi connectivity index (χ3n) is 2.70. The normalized spacial score (nSPS) is 9.68. The van der Waals surface area contributed by atoms with Crippen LogP contribution in [0.25, 0.3) is 11.1 Å². The summed E-state index contributed by atoms with van der Waals surface area (Å²) in [7, 11) is 0. The Balaban J connectivity index is 2.89. The molecule has 0 spiro atoms. The number of rotatable bonds is 1. The molecule has 1 heterocycles. The molecule has 0 amide bonds. The molecule has 0 radical (unpaired) electrons. The lowest BCUT2D eigenvalue weighted by Gasteiger charge is -2.08. The highest BCUT2D eigenvalue weighted by Crippen LogP contribution is 2.30. The third-order valence-corrected chi connectivity index (χ3v) is 3.36. The molecular formula is C14H8BrN3O. The van der Waals surface area contributed by atoms with Crippen molar-refractivity contribution in [2.75, 3.05) is 0 Å². The van der Waals surface area contributed by atoms with Gasteiger partial charge in [-0.1, -0.05) is 12.1 Å². The number of halogens is 1. The number of H-pyrrole nitrogens is 1. The monoisotopic (exact) mass is 313 g/mol. The van der Waals surface area contributed by atoms with Crippen LogP contribution < -0.4 is 5.56 Å². The van der Waals surface area contributed by atoms with Crippen LogP contribution in [0.15, 0.2) is 33.5 Å². The minimum atomic E-state index is -0.443. The smallest absolute Gasteiger partial charge is 0.266 e. The summed E-state index contributed by atoms with van der Waals surface area (Å²) in [6.07, 6.45) is 0. The fourth-order valence-corrected chi connectivity index (χ4v) is 2.33. The second-order valence-corrected chi connectivity index (χ2v) is 4.81. The molecule has 0 aliphatic rings. The van der Waals surface area contributed by atoms with Crippen molar-refractivity contribution in [3.05, 3.63) is 55.9 Å². The topological polar surface area (TPSA) is 80.4 Å². The lowest BCUT2D eigenvalue weighted by Crippen LogP contribution is -2.13. The molecular weight excluding hydrogens is 306 g/mol. The van der Waals surface area contributed by atoms with Gasteiger partial charge in [0.05, 0.1) is 5.56 Å². The van der Waals surface area contributed by atoms with Gasteiger partial charge in [0.2, 0.25) is 0 Å². The lowest BCUT2D eigenvalue weighted by atomic mass is 9.97. The maximum absolute atomic E-state index is 11.8. The van der Waals surface area contributed by atoms with Gasteiger partial charge in [0.15, 0.2) is 0 Å². The summed E-state index contributed by atoms with van der Waals surface area (Å²) in [4.78, 5) is 14.4. The second-order valence-electron chi connectivity index (χ2n) is 3.96. The first kappa shape index (κ1) is 13.1. The molecule has 0 saturated heterocycles. The number of nitrogens with zero attached hydrogens (tertiary/aromatic N) is 2. The fraction of sp³-hybridized carbons (Fsp3) is 0.0714. The van der Waals surface area contributed by atoms with E-state index in [4.69, 9.17) is 5.26 Å². The van der Waals surface area contributed by atoms with Gasteiger partial charge in [-0.05, 0) is 35.0 Å². The van der Waals surface area contributed by atoms with Gasteiger partial charge < -0.3 is 4.98 Å². The molecule has 2 rings (SSSR count). The summed E-state index contributed by atoms with van der Waals surface area (Å²) < 4.78 is 0.634. The van der Waals surface area contributed by atoms with Crippen molar-refractivity contribution in [1.29, 1.82) is 10.5 Å². The van der Waals surface area contributed by atoms with Crippen LogP contribution in [0, 0.1) is 29.6 Å². The average Bonchev–Trinajstić information content (AvgIpc) is 2.37. The SMILES string of the molecule is Cc1cc(-c2cccc(Br)c2C#N)c(C#N)c(=O)[nH]1. The largest absolute Gasteiger partial charge is 0.325 e. The zero-order valence-electron chi connectivity index (χ0n) is 9.99. The Morgan fingerprint density at radius 3 is 2.47 bits per heavy atom. The van der Waals surface area contributed by atoms with Crippen molar-refractivity contribution in [3.63, 3.8) is 0 Å². The number of aromatic amines is 1. The van der Waals surface area contributed by atoms with E-state index >= 15 is 0 Å². The van der Waals surface area contributed by atoms with Crippen LogP contribution in [0.5, 0.6) is 0 Å². The van der Waals surface area contributed by atoms with Gasteiger partial charge in [0, 0.05) is 21.3 Å². The highest BCUT2D eigenvalue weighted by atomic mass is 79.9. The molecule has 92 valence electrons. The first-order chi connectivity index (χ1) is 9.08. The van der Waals surface area contributed by atoms with Crippen LogP contribution >= 0.6 is 15.9 Å². The van der Waals surface area contributed by atoms with E-state index in [0.29, 0.717) is 26.9 Å². The summed E-state index contributed by atoms with van der Waals surface area (Å²) in [6, 6.07) is 10.9. The van der Waals surface area contributed by atoms with E-state index in [2.05, 4.69) is 27.0 Å². The van der Waals surface area contributed by atoms with Crippen molar-refractivity contribution in [1.82, 2.24) is 4.98 Å². The molecule has 0 aliphatic carbocycles. The van der Waals surface area contributed by atoms with Crippen molar-refractivity contribution in [2.24, 2.45) is 0 Å². The van der Waals surface area contributed by atoms with Crippen molar-refractivity contribution < 1.29 is 0 Å². The van der Waals surface area contributed by atoms with Gasteiger partial charge in [0.25, 0.3) is 5.56 Å². The van der Waals surface area contributed by atoms with E-state index < -0.39 is 5.56 Å². The van der Waals surface area contributed by atoms with Crippen molar-refractivity contribution >= 4 is 15.9 Å². The molecule has 2 aromatic rings. The van der Waals surface area contributed by atoms with Gasteiger partial charge in [-0.2, -0.15) is 10.5 Å². The van der Waals surface area contributed by atoms with E-state index in [-0.39, 0.29) is 5.56 Å². The molecule has 0 fully saturated rings. The number of hydrogen-bond acceptors (Lipinski definition) is 3. The number of benzene rings is 1. The molecule has 0 unspecified atom stereocenters. The van der Waals surface area contributed by atoms with Crippen LogP contribution in [0.4, 0.5) is 0 Å². The minimum Gasteiger partial charge on any atom is -0.325 e. The first-order valence-electron chi connectivity index (χ1n) is 5.41. The second kappa shape index (κ2) is 5.09. The lowest BCUT2D eigenvalue weighted by molar-refractivity contribution is 1.13. The Kier molecular flexibility index (Phi) is 3.50. The molecule has 1 aromatic heterocycles. The summed E-state index contributed by atoms with van der Waals surface area (Å²) >= 11 is 3.30. The Morgan fingerprint density at radius 2 is 1.84 bits per heavy atom. The average molecular weight is 314 g/mol. The third kappa shape index (κ3) is 2.29. The molecule has 4 nitrogen and oxygen atoms in total. The summed E-state index contributed by atoms with van der Waals surface area (Å²) in [5.41, 5.74) is 1.66. The van der Waals surface area contributed by atoms with Crippen LogP contribution in [0.3, 0.4) is 0 Å². The zero-order valence-corrected chi connectivity index (χ0v) is 11.6. The van der Waals surface area contributed by atoms with E-state index in [1.165, 1.54) is 0 Å². The predicted molar refractivity (Wildman–Crippen MR) is 74.4 cm³/mol. The number of aryl methyl sites for hydroxylation is 1. The van der Waals surface area contributed by atoms with E-state index in [9.17, 15) is 10.1 Å². The number of nitrogens with one attached hydrogen (secondary N) is 1. The number of aromatic nitrogens is 1. The first-order valence-corrected chi connectivity index (χ1v) is 6.20. The quantitative estimate of drug-likeness (QED) is 0.879. The number of pyridine rings is 1. The van der Waals surface area contributed by atoms with E-state index in [0.717, 1.165) is 0 Å². The van der Waals surface area contributed by atoms with Gasteiger partial charge in [-0.25, -0.2) is 0 Å². The van der Waals surface area contributed by atoms with E-state index in [1.54, 1.807) is 31.2 Å². The fourth-order valence-electron chi connectivity index (χ4n) is 1.87. The molecule has 5 heteroatoms. The summed E-state index contributed by atoms with van der Waals surface area (Å²) in [6.45, 7) is 1.73. The maximum Gasteiger partial charge on any atom is 0.266 e. The predicted octanol–water partition coefficient (Wildman–Crippen LogP) is 2.86. The zero-order chi connectivity index (χ0) is 14.0. The number of hydrogen-bond donors (Lipinski definition) is 1.